The molecule has 36 heavy (non-hydrogen) atoms. The smallest absolute Gasteiger partial charge is 0.342 e. The minimum absolute atomic E-state index is 0.129. The number of halogens is 2. The molecule has 0 aliphatic heterocycles. The molecule has 0 saturated carbocycles. The van der Waals surface area contributed by atoms with E-state index in [1.54, 1.807) is 12.1 Å². The maximum Gasteiger partial charge on any atom is 0.342 e. The molecular weight excluding hydrogens is 474 g/mol. The number of ether oxygens (including phenoxy) is 2. The Labute approximate surface area is 206 Å². The number of nitrogens with one attached hydrogen (secondary N) is 1. The van der Waals surface area contributed by atoms with Gasteiger partial charge in [0.05, 0.1) is 19.8 Å². The number of furan rings is 1. The van der Waals surface area contributed by atoms with Crippen LogP contribution in [0.25, 0.3) is 11.0 Å². The lowest BCUT2D eigenvalue weighted by molar-refractivity contribution is -0.121. The summed E-state index contributed by atoms with van der Waals surface area (Å²) < 4.78 is 43.8. The zero-order chi connectivity index (χ0) is 26.1. The summed E-state index contributed by atoms with van der Waals surface area (Å²) in [6, 6.07) is 8.31. The Morgan fingerprint density at radius 2 is 1.86 bits per heavy atom. The first-order valence-corrected chi connectivity index (χ1v) is 11.3. The van der Waals surface area contributed by atoms with E-state index in [9.17, 15) is 18.4 Å². The second-order valence-corrected chi connectivity index (χ2v) is 8.01. The van der Waals surface area contributed by atoms with Crippen LogP contribution in [-0.4, -0.2) is 37.2 Å². The van der Waals surface area contributed by atoms with Gasteiger partial charge in [0, 0.05) is 37.3 Å². The summed E-state index contributed by atoms with van der Waals surface area (Å²) in [5.41, 5.74) is 1.28. The molecule has 0 fully saturated rings. The van der Waals surface area contributed by atoms with Crippen molar-refractivity contribution in [3.8, 4) is 11.8 Å². The monoisotopic (exact) mass is 500 g/mol. The maximum atomic E-state index is 13.5. The van der Waals surface area contributed by atoms with E-state index < -0.39 is 17.6 Å². The molecule has 0 spiro atoms. The van der Waals surface area contributed by atoms with Gasteiger partial charge in [0.1, 0.15) is 29.6 Å². The molecular formula is C26H26F2N2O6. The van der Waals surface area contributed by atoms with Crippen LogP contribution in [0.1, 0.15) is 46.5 Å². The Balaban J connectivity index is 1.94. The summed E-state index contributed by atoms with van der Waals surface area (Å²) in [4.78, 5) is 25.1. The number of hydrogen-bond acceptors (Lipinski definition) is 7. The maximum absolute atomic E-state index is 13.5. The summed E-state index contributed by atoms with van der Waals surface area (Å²) in [7, 11) is 1.45. The molecule has 10 heteroatoms. The number of aliphatic hydroxyl groups excluding tert-OH is 1. The topological polar surface area (TPSA) is 122 Å². The number of nitrogens with zero attached hydrogens (tertiary/aromatic N) is 1. The van der Waals surface area contributed by atoms with Crippen LogP contribution >= 0.6 is 0 Å². The van der Waals surface area contributed by atoms with Gasteiger partial charge in [0.15, 0.2) is 11.3 Å². The van der Waals surface area contributed by atoms with E-state index >= 15 is 0 Å². The molecule has 2 aromatic carbocycles. The largest absolute Gasteiger partial charge is 0.493 e. The van der Waals surface area contributed by atoms with Crippen molar-refractivity contribution < 1.29 is 37.4 Å². The number of aliphatic hydroxyl groups is 1. The molecule has 1 heterocycles. The van der Waals surface area contributed by atoms with Gasteiger partial charge in [-0.15, -0.1) is 0 Å². The number of unbranched alkanes of at least 4 members (excludes halogenated alkanes) is 1. The average molecular weight is 500 g/mol. The number of benzene rings is 2. The highest BCUT2D eigenvalue weighted by atomic mass is 19.1. The third kappa shape index (κ3) is 6.79. The second kappa shape index (κ2) is 12.7. The highest BCUT2D eigenvalue weighted by Gasteiger charge is 2.25. The van der Waals surface area contributed by atoms with Crippen molar-refractivity contribution in [2.75, 3.05) is 20.3 Å². The van der Waals surface area contributed by atoms with Crippen LogP contribution in [0.15, 0.2) is 34.7 Å². The van der Waals surface area contributed by atoms with Crippen molar-refractivity contribution in [2.24, 2.45) is 0 Å². The molecule has 3 aromatic rings. The van der Waals surface area contributed by atoms with E-state index in [0.717, 1.165) is 18.2 Å². The molecule has 1 aromatic heterocycles. The van der Waals surface area contributed by atoms with Crippen LogP contribution in [0.5, 0.6) is 5.75 Å². The highest BCUT2D eigenvalue weighted by Crippen LogP contribution is 2.36. The number of fused-ring (bicyclic) bond motifs is 1. The predicted molar refractivity (Wildman–Crippen MR) is 125 cm³/mol. The Morgan fingerprint density at radius 3 is 2.53 bits per heavy atom. The van der Waals surface area contributed by atoms with Crippen LogP contribution < -0.4 is 10.1 Å². The third-order valence-corrected chi connectivity index (χ3v) is 5.37. The quantitative estimate of drug-likeness (QED) is 0.285. The highest BCUT2D eigenvalue weighted by molar-refractivity contribution is 6.06. The number of hydrogen-bond donors (Lipinski definition) is 2. The molecule has 0 atom stereocenters. The molecule has 8 nitrogen and oxygen atoms in total. The Kier molecular flexibility index (Phi) is 9.36. The third-order valence-electron chi connectivity index (χ3n) is 5.37. The van der Waals surface area contributed by atoms with Gasteiger partial charge in [-0.1, -0.05) is 0 Å². The minimum atomic E-state index is -0.788. The van der Waals surface area contributed by atoms with E-state index in [1.165, 1.54) is 7.11 Å². The van der Waals surface area contributed by atoms with Crippen molar-refractivity contribution in [1.82, 2.24) is 5.32 Å². The number of aryl methyl sites for hydroxylation is 2. The van der Waals surface area contributed by atoms with E-state index in [1.807, 2.05) is 6.07 Å². The summed E-state index contributed by atoms with van der Waals surface area (Å²) in [6.07, 6.45) is 1.44. The Morgan fingerprint density at radius 1 is 1.11 bits per heavy atom. The molecule has 0 saturated heterocycles. The van der Waals surface area contributed by atoms with Crippen molar-refractivity contribution in [3.05, 3.63) is 64.4 Å². The van der Waals surface area contributed by atoms with E-state index in [4.69, 9.17) is 24.3 Å². The SMILES string of the molecule is COc1cc(CCC(=O)NCCO)cc2c(C(=O)OCc3cc(F)cc(F)c3)c(CCCC#N)oc12. The van der Waals surface area contributed by atoms with Crippen molar-refractivity contribution in [1.29, 1.82) is 5.26 Å². The van der Waals surface area contributed by atoms with Crippen LogP contribution in [0.3, 0.4) is 0 Å². The van der Waals surface area contributed by atoms with Gasteiger partial charge in [-0.2, -0.15) is 5.26 Å². The molecule has 1 amide bonds. The molecule has 2 N–H and O–H groups in total. The molecule has 3 rings (SSSR count). The molecule has 0 unspecified atom stereocenters. The lowest BCUT2D eigenvalue weighted by Gasteiger charge is -2.08. The molecule has 0 aliphatic rings. The van der Waals surface area contributed by atoms with Crippen LogP contribution in [0.4, 0.5) is 8.78 Å². The number of methoxy groups -OCH3 is 1. The molecule has 0 radical (unpaired) electrons. The summed E-state index contributed by atoms with van der Waals surface area (Å²) in [5.74, 6) is -1.92. The number of nitriles is 1. The fraction of sp³-hybridized carbons (Fsp3) is 0.346. The van der Waals surface area contributed by atoms with Crippen LogP contribution in [0, 0.1) is 23.0 Å². The fourth-order valence-electron chi connectivity index (χ4n) is 3.76. The van der Waals surface area contributed by atoms with E-state index in [-0.39, 0.29) is 56.1 Å². The first-order chi connectivity index (χ1) is 17.4. The summed E-state index contributed by atoms with van der Waals surface area (Å²) in [6.45, 7) is -0.372. The normalized spacial score (nSPS) is 10.8. The van der Waals surface area contributed by atoms with Gasteiger partial charge in [-0.3, -0.25) is 4.79 Å². The number of carbonyl (C=O) groups is 2. The number of carbonyl (C=O) groups excluding carboxylic acids is 2. The number of rotatable bonds is 12. The second-order valence-electron chi connectivity index (χ2n) is 8.01. The molecule has 0 aliphatic carbocycles. The first-order valence-electron chi connectivity index (χ1n) is 11.3. The van der Waals surface area contributed by atoms with E-state index in [2.05, 4.69) is 5.32 Å². The van der Waals surface area contributed by atoms with E-state index in [0.29, 0.717) is 40.9 Å². The zero-order valence-corrected chi connectivity index (χ0v) is 19.7. The number of amides is 1. The lowest BCUT2D eigenvalue weighted by Crippen LogP contribution is -2.26. The standard InChI is InChI=1S/C26H26F2N2O6/c1-34-22-13-16(5-6-23(32)30-8-9-31)12-20-24(21(36-25(20)22)4-2-3-7-29)26(33)35-15-17-10-18(27)14-19(28)11-17/h10-14,31H,2-6,8-9,15H2,1H3,(H,30,32). The summed E-state index contributed by atoms with van der Waals surface area (Å²) in [5, 5.41) is 20.7. The van der Waals surface area contributed by atoms with Crippen molar-refractivity contribution in [2.45, 2.75) is 38.7 Å². The first kappa shape index (κ1) is 26.6. The van der Waals surface area contributed by atoms with Gasteiger partial charge >= 0.3 is 5.97 Å². The predicted octanol–water partition coefficient (Wildman–Crippen LogP) is 3.96. The zero-order valence-electron chi connectivity index (χ0n) is 19.7. The Hall–Kier alpha value is -3.97. The van der Waals surface area contributed by atoms with Gasteiger partial charge in [-0.25, -0.2) is 13.6 Å². The van der Waals surface area contributed by atoms with Gasteiger partial charge in [0.25, 0.3) is 0 Å². The van der Waals surface area contributed by atoms with Gasteiger partial charge in [-0.05, 0) is 48.2 Å². The van der Waals surface area contributed by atoms with Gasteiger partial charge < -0.3 is 24.3 Å². The van der Waals surface area contributed by atoms with Gasteiger partial charge in [0.2, 0.25) is 5.91 Å². The molecule has 190 valence electrons. The average Bonchev–Trinajstić information content (AvgIpc) is 3.22. The fourth-order valence-corrected chi connectivity index (χ4v) is 3.76. The van der Waals surface area contributed by atoms with Crippen molar-refractivity contribution >= 4 is 22.8 Å². The minimum Gasteiger partial charge on any atom is -0.493 e. The Bertz CT molecular complexity index is 1260. The van der Waals surface area contributed by atoms with Crippen LogP contribution in [-0.2, 0) is 29.0 Å². The molecule has 0 bridgehead atoms. The number of esters is 1. The summed E-state index contributed by atoms with van der Waals surface area (Å²) >= 11 is 0. The van der Waals surface area contributed by atoms with Crippen LogP contribution in [0.2, 0.25) is 0 Å². The lowest BCUT2D eigenvalue weighted by atomic mass is 10.0. The van der Waals surface area contributed by atoms with Crippen molar-refractivity contribution in [3.63, 3.8) is 0 Å².